The highest BCUT2D eigenvalue weighted by molar-refractivity contribution is 5.86. The number of para-hydroxylation sites is 1. The van der Waals surface area contributed by atoms with Gasteiger partial charge in [0.15, 0.2) is 0 Å². The van der Waals surface area contributed by atoms with Gasteiger partial charge in [0, 0.05) is 31.4 Å². The molecule has 1 unspecified atom stereocenters. The summed E-state index contributed by atoms with van der Waals surface area (Å²) in [7, 11) is 0. The van der Waals surface area contributed by atoms with Gasteiger partial charge in [0.25, 0.3) is 0 Å². The van der Waals surface area contributed by atoms with Crippen LogP contribution in [-0.4, -0.2) is 30.0 Å². The number of rotatable bonds is 2. The molecular weight excluding hydrogens is 264 g/mol. The zero-order valence-corrected chi connectivity index (χ0v) is 11.8. The molecule has 21 heavy (non-hydrogen) atoms. The lowest BCUT2D eigenvalue weighted by atomic mass is 10.1. The number of carbonyl (C=O) groups is 1. The van der Waals surface area contributed by atoms with Gasteiger partial charge in [-0.2, -0.15) is 5.26 Å². The van der Waals surface area contributed by atoms with E-state index in [2.05, 4.69) is 21.3 Å². The largest absolute Gasteiger partial charge is 0.354 e. The average molecular weight is 280 g/mol. The summed E-state index contributed by atoms with van der Waals surface area (Å²) in [5, 5.41) is 13.1. The van der Waals surface area contributed by atoms with E-state index in [9.17, 15) is 10.1 Å². The average Bonchev–Trinajstić information content (AvgIpc) is 2.93. The predicted octanol–water partition coefficient (Wildman–Crippen LogP) is 1.82. The van der Waals surface area contributed by atoms with Gasteiger partial charge in [-0.1, -0.05) is 18.2 Å². The van der Waals surface area contributed by atoms with Crippen molar-refractivity contribution in [2.75, 3.05) is 18.0 Å². The maximum atomic E-state index is 11.1. The molecule has 2 heterocycles. The van der Waals surface area contributed by atoms with Gasteiger partial charge in [0.2, 0.25) is 5.91 Å². The van der Waals surface area contributed by atoms with E-state index in [1.165, 1.54) is 6.92 Å². The smallest absolute Gasteiger partial charge is 0.217 e. The second-order valence-corrected chi connectivity index (χ2v) is 5.29. The summed E-state index contributed by atoms with van der Waals surface area (Å²) in [5.74, 6) is 0.795. The maximum absolute atomic E-state index is 11.1. The fraction of sp³-hybridized carbons (Fsp3) is 0.312. The molecule has 5 nitrogen and oxygen atoms in total. The first-order valence-corrected chi connectivity index (χ1v) is 6.99. The van der Waals surface area contributed by atoms with Gasteiger partial charge < -0.3 is 10.2 Å². The molecule has 0 spiro atoms. The van der Waals surface area contributed by atoms with E-state index in [-0.39, 0.29) is 11.9 Å². The third-order valence-electron chi connectivity index (χ3n) is 3.74. The number of nitriles is 1. The number of benzene rings is 1. The van der Waals surface area contributed by atoms with Crippen LogP contribution in [0.15, 0.2) is 30.3 Å². The van der Waals surface area contributed by atoms with E-state index < -0.39 is 0 Å². The van der Waals surface area contributed by atoms with E-state index >= 15 is 0 Å². The van der Waals surface area contributed by atoms with Gasteiger partial charge >= 0.3 is 0 Å². The third kappa shape index (κ3) is 2.65. The normalized spacial score (nSPS) is 17.7. The summed E-state index contributed by atoms with van der Waals surface area (Å²) < 4.78 is 0. The van der Waals surface area contributed by atoms with Gasteiger partial charge in [0.05, 0.1) is 17.1 Å². The molecule has 0 bridgehead atoms. The molecule has 1 aliphatic rings. The maximum Gasteiger partial charge on any atom is 0.217 e. The lowest BCUT2D eigenvalue weighted by molar-refractivity contribution is -0.119. The van der Waals surface area contributed by atoms with Gasteiger partial charge in [-0.25, -0.2) is 4.98 Å². The van der Waals surface area contributed by atoms with Crippen molar-refractivity contribution in [1.29, 1.82) is 5.26 Å². The molecule has 1 saturated heterocycles. The third-order valence-corrected chi connectivity index (χ3v) is 3.74. The van der Waals surface area contributed by atoms with E-state index in [0.29, 0.717) is 5.56 Å². The molecule has 2 aromatic rings. The highest BCUT2D eigenvalue weighted by Crippen LogP contribution is 2.25. The van der Waals surface area contributed by atoms with E-state index in [1.54, 1.807) is 0 Å². The molecule has 1 atom stereocenters. The van der Waals surface area contributed by atoms with Gasteiger partial charge in [-0.05, 0) is 18.6 Å². The van der Waals surface area contributed by atoms with Crippen molar-refractivity contribution in [1.82, 2.24) is 10.3 Å². The molecule has 0 radical (unpaired) electrons. The van der Waals surface area contributed by atoms with Crippen molar-refractivity contribution in [3.05, 3.63) is 35.9 Å². The number of aromatic nitrogens is 1. The van der Waals surface area contributed by atoms with Gasteiger partial charge in [-0.15, -0.1) is 0 Å². The molecule has 1 amide bonds. The zero-order chi connectivity index (χ0) is 14.8. The minimum Gasteiger partial charge on any atom is -0.354 e. The highest BCUT2D eigenvalue weighted by Gasteiger charge is 2.24. The first-order chi connectivity index (χ1) is 10.2. The molecule has 1 aromatic heterocycles. The van der Waals surface area contributed by atoms with Crippen molar-refractivity contribution in [2.24, 2.45) is 0 Å². The highest BCUT2D eigenvalue weighted by atomic mass is 16.1. The van der Waals surface area contributed by atoms with Gasteiger partial charge in [-0.3, -0.25) is 4.79 Å². The van der Waals surface area contributed by atoms with Crippen molar-refractivity contribution in [2.45, 2.75) is 19.4 Å². The van der Waals surface area contributed by atoms with Crippen LogP contribution in [0.2, 0.25) is 0 Å². The second kappa shape index (κ2) is 5.41. The Labute approximate surface area is 123 Å². The Bertz CT molecular complexity index is 735. The van der Waals surface area contributed by atoms with Crippen LogP contribution < -0.4 is 10.2 Å². The monoisotopic (exact) mass is 280 g/mol. The first-order valence-electron chi connectivity index (χ1n) is 6.99. The van der Waals surface area contributed by atoms with Crippen LogP contribution in [0, 0.1) is 11.3 Å². The summed E-state index contributed by atoms with van der Waals surface area (Å²) in [5.41, 5.74) is 1.47. The molecule has 1 aromatic carbocycles. The lowest BCUT2D eigenvalue weighted by Crippen LogP contribution is -2.35. The Morgan fingerprint density at radius 2 is 2.29 bits per heavy atom. The second-order valence-electron chi connectivity index (χ2n) is 5.29. The van der Waals surface area contributed by atoms with Crippen LogP contribution in [0.3, 0.4) is 0 Å². The number of nitrogens with one attached hydrogen (secondary N) is 1. The van der Waals surface area contributed by atoms with Crippen molar-refractivity contribution < 1.29 is 4.79 Å². The fourth-order valence-corrected chi connectivity index (χ4v) is 2.79. The van der Waals surface area contributed by atoms with Crippen molar-refractivity contribution >= 4 is 22.6 Å². The topological polar surface area (TPSA) is 69.0 Å². The molecule has 106 valence electrons. The van der Waals surface area contributed by atoms with Crippen LogP contribution in [0.25, 0.3) is 10.9 Å². The Morgan fingerprint density at radius 1 is 1.48 bits per heavy atom. The molecule has 3 rings (SSSR count). The molecule has 5 heteroatoms. The number of pyridine rings is 1. The Hall–Kier alpha value is -2.61. The number of hydrogen-bond acceptors (Lipinski definition) is 4. The van der Waals surface area contributed by atoms with Crippen LogP contribution in [0.4, 0.5) is 5.82 Å². The van der Waals surface area contributed by atoms with Crippen molar-refractivity contribution in [3.63, 3.8) is 0 Å². The number of hydrogen-bond donors (Lipinski definition) is 1. The zero-order valence-electron chi connectivity index (χ0n) is 11.8. The van der Waals surface area contributed by atoms with E-state index in [4.69, 9.17) is 0 Å². The number of nitrogens with zero attached hydrogens (tertiary/aromatic N) is 3. The van der Waals surface area contributed by atoms with Crippen LogP contribution in [0.5, 0.6) is 0 Å². The number of fused-ring (bicyclic) bond motifs is 1. The molecular formula is C16H16N4O. The van der Waals surface area contributed by atoms with Crippen LogP contribution >= 0.6 is 0 Å². The Balaban J connectivity index is 1.92. The van der Waals surface area contributed by atoms with Crippen molar-refractivity contribution in [3.8, 4) is 6.07 Å². The molecule has 1 N–H and O–H groups in total. The quantitative estimate of drug-likeness (QED) is 0.911. The SMILES string of the molecule is CC(=O)NC1CCN(c2cc(C#N)c3ccccc3n2)C1. The number of anilines is 1. The molecule has 1 fully saturated rings. The number of amides is 1. The lowest BCUT2D eigenvalue weighted by Gasteiger charge is -2.18. The van der Waals surface area contributed by atoms with Crippen LogP contribution in [0.1, 0.15) is 18.9 Å². The molecule has 0 aliphatic carbocycles. The summed E-state index contributed by atoms with van der Waals surface area (Å²) >= 11 is 0. The summed E-state index contributed by atoms with van der Waals surface area (Å²) in [6.45, 7) is 3.10. The minimum atomic E-state index is -0.00830. The van der Waals surface area contributed by atoms with E-state index in [0.717, 1.165) is 36.2 Å². The summed E-state index contributed by atoms with van der Waals surface area (Å²) in [6.07, 6.45) is 0.899. The fourth-order valence-electron chi connectivity index (χ4n) is 2.79. The number of carbonyl (C=O) groups excluding carboxylic acids is 1. The Kier molecular flexibility index (Phi) is 3.44. The Morgan fingerprint density at radius 3 is 3.05 bits per heavy atom. The minimum absolute atomic E-state index is 0.00830. The first kappa shape index (κ1) is 13.4. The van der Waals surface area contributed by atoms with Crippen LogP contribution in [-0.2, 0) is 4.79 Å². The van der Waals surface area contributed by atoms with Gasteiger partial charge in [0.1, 0.15) is 5.82 Å². The molecule has 0 saturated carbocycles. The molecule has 1 aliphatic heterocycles. The predicted molar refractivity (Wildman–Crippen MR) is 80.9 cm³/mol. The standard InChI is InChI=1S/C16H16N4O/c1-11(21)18-13-6-7-20(10-13)16-8-12(9-17)14-4-2-3-5-15(14)19-16/h2-5,8,13H,6-7,10H2,1H3,(H,18,21). The summed E-state index contributed by atoms with van der Waals surface area (Å²) in [4.78, 5) is 17.9. The van der Waals surface area contributed by atoms with E-state index in [1.807, 2.05) is 30.3 Å². The summed E-state index contributed by atoms with van der Waals surface area (Å²) in [6, 6.07) is 11.9.